The van der Waals surface area contributed by atoms with E-state index in [2.05, 4.69) is 15.5 Å². The van der Waals surface area contributed by atoms with Gasteiger partial charge in [0.1, 0.15) is 0 Å². The van der Waals surface area contributed by atoms with E-state index in [0.29, 0.717) is 25.3 Å². The lowest BCUT2D eigenvalue weighted by atomic mass is 9.98. The van der Waals surface area contributed by atoms with Gasteiger partial charge >= 0.3 is 5.97 Å². The summed E-state index contributed by atoms with van der Waals surface area (Å²) in [5.74, 6) is 0.451. The molecule has 0 saturated carbocycles. The Bertz CT molecular complexity index is 761. The summed E-state index contributed by atoms with van der Waals surface area (Å²) in [6, 6.07) is 7.55. The van der Waals surface area contributed by atoms with Gasteiger partial charge in [0.15, 0.2) is 5.96 Å². The number of ether oxygens (including phenoxy) is 1. The highest BCUT2D eigenvalue weighted by Gasteiger charge is 2.28. The van der Waals surface area contributed by atoms with Crippen LogP contribution in [0.2, 0.25) is 0 Å². The zero-order valence-electron chi connectivity index (χ0n) is 19.4. The Balaban J connectivity index is 0.00000480. The van der Waals surface area contributed by atoms with Crippen LogP contribution >= 0.6 is 24.0 Å². The first-order valence-corrected chi connectivity index (χ1v) is 10.8. The monoisotopic (exact) mass is 544 g/mol. The number of nitrogens with one attached hydrogen (secondary N) is 2. The Kier molecular flexibility index (Phi) is 11.3. The molecule has 1 aromatic rings. The van der Waals surface area contributed by atoms with Crippen molar-refractivity contribution in [2.75, 3.05) is 26.2 Å². The zero-order valence-corrected chi connectivity index (χ0v) is 21.7. The van der Waals surface area contributed by atoms with E-state index in [-0.39, 0.29) is 47.3 Å². The van der Waals surface area contributed by atoms with Gasteiger partial charge in [0.25, 0.3) is 5.91 Å². The van der Waals surface area contributed by atoms with Crippen molar-refractivity contribution in [3.05, 3.63) is 35.4 Å². The summed E-state index contributed by atoms with van der Waals surface area (Å²) in [7, 11) is 0. The maximum atomic E-state index is 12.4. The van der Waals surface area contributed by atoms with Crippen molar-refractivity contribution in [1.29, 1.82) is 0 Å². The topological polar surface area (TPSA) is 83.0 Å². The number of carbonyl (C=O) groups is 2. The van der Waals surface area contributed by atoms with E-state index in [4.69, 9.17) is 9.73 Å². The third-order valence-electron chi connectivity index (χ3n) is 4.76. The van der Waals surface area contributed by atoms with Crippen molar-refractivity contribution >= 4 is 41.8 Å². The van der Waals surface area contributed by atoms with Crippen molar-refractivity contribution in [2.45, 2.75) is 59.5 Å². The van der Waals surface area contributed by atoms with Crippen LogP contribution in [0.3, 0.4) is 0 Å². The molecule has 1 saturated heterocycles. The van der Waals surface area contributed by atoms with Crippen LogP contribution in [0, 0.1) is 5.92 Å². The summed E-state index contributed by atoms with van der Waals surface area (Å²) in [6.07, 6.45) is 1.77. The maximum absolute atomic E-state index is 12.4. The van der Waals surface area contributed by atoms with Crippen LogP contribution in [0.15, 0.2) is 29.3 Å². The molecule has 0 radical (unpaired) electrons. The molecule has 1 heterocycles. The van der Waals surface area contributed by atoms with Crippen molar-refractivity contribution < 1.29 is 14.3 Å². The van der Waals surface area contributed by atoms with E-state index >= 15 is 0 Å². The number of guanidine groups is 1. The molecule has 1 amide bonds. The number of aliphatic imine (C=N–C) groups is 1. The zero-order chi connectivity index (χ0) is 22.1. The number of benzene rings is 1. The highest BCUT2D eigenvalue weighted by molar-refractivity contribution is 14.0. The van der Waals surface area contributed by atoms with Gasteiger partial charge in [-0.25, -0.2) is 4.99 Å². The second-order valence-corrected chi connectivity index (χ2v) is 8.61. The lowest BCUT2D eigenvalue weighted by Crippen LogP contribution is -2.48. The van der Waals surface area contributed by atoms with Crippen LogP contribution in [0.5, 0.6) is 0 Å². The van der Waals surface area contributed by atoms with Gasteiger partial charge < -0.3 is 20.3 Å². The molecular weight excluding hydrogens is 507 g/mol. The second-order valence-electron chi connectivity index (χ2n) is 8.61. The molecule has 2 rings (SSSR count). The fourth-order valence-electron chi connectivity index (χ4n) is 3.44. The number of carbonyl (C=O) groups excluding carboxylic acids is 2. The Morgan fingerprint density at radius 3 is 2.65 bits per heavy atom. The molecule has 8 heteroatoms. The van der Waals surface area contributed by atoms with Gasteiger partial charge in [-0.1, -0.05) is 12.1 Å². The summed E-state index contributed by atoms with van der Waals surface area (Å²) in [5.41, 5.74) is 1.31. The largest absolute Gasteiger partial charge is 0.466 e. The van der Waals surface area contributed by atoms with Crippen LogP contribution in [0.25, 0.3) is 0 Å². The molecular formula is C23H37IN4O3. The molecule has 1 aliphatic heterocycles. The molecule has 0 bridgehead atoms. The molecule has 0 spiro atoms. The Morgan fingerprint density at radius 2 is 2.00 bits per heavy atom. The minimum Gasteiger partial charge on any atom is -0.466 e. The number of amides is 1. The molecule has 0 aromatic heterocycles. The van der Waals surface area contributed by atoms with Gasteiger partial charge in [-0.2, -0.15) is 0 Å². The van der Waals surface area contributed by atoms with Gasteiger partial charge in [-0.3, -0.25) is 9.59 Å². The van der Waals surface area contributed by atoms with Crippen LogP contribution in [0.4, 0.5) is 0 Å². The molecule has 1 aliphatic rings. The average molecular weight is 544 g/mol. The molecule has 1 atom stereocenters. The Labute approximate surface area is 203 Å². The lowest BCUT2D eigenvalue weighted by molar-refractivity contribution is -0.149. The van der Waals surface area contributed by atoms with E-state index in [1.807, 2.05) is 58.9 Å². The lowest BCUT2D eigenvalue weighted by Gasteiger charge is -2.34. The quantitative estimate of drug-likeness (QED) is 0.248. The number of piperidine rings is 1. The Morgan fingerprint density at radius 1 is 1.26 bits per heavy atom. The molecule has 0 aliphatic carbocycles. The van der Waals surface area contributed by atoms with Gasteiger partial charge in [-0.05, 0) is 65.2 Å². The van der Waals surface area contributed by atoms with E-state index in [0.717, 1.165) is 37.5 Å². The summed E-state index contributed by atoms with van der Waals surface area (Å²) >= 11 is 0. The summed E-state index contributed by atoms with van der Waals surface area (Å²) in [6.45, 7) is 12.8. The Hall–Kier alpha value is -1.84. The van der Waals surface area contributed by atoms with Crippen molar-refractivity contribution in [2.24, 2.45) is 10.9 Å². The van der Waals surface area contributed by atoms with Crippen molar-refractivity contribution in [3.8, 4) is 0 Å². The molecule has 7 nitrogen and oxygen atoms in total. The first kappa shape index (κ1) is 27.2. The molecule has 1 fully saturated rings. The van der Waals surface area contributed by atoms with Gasteiger partial charge in [0, 0.05) is 30.7 Å². The number of likely N-dealkylation sites (tertiary alicyclic amines) is 1. The van der Waals surface area contributed by atoms with Gasteiger partial charge in [0.05, 0.1) is 19.1 Å². The van der Waals surface area contributed by atoms with Crippen LogP contribution in [-0.2, 0) is 16.1 Å². The van der Waals surface area contributed by atoms with E-state index < -0.39 is 0 Å². The maximum Gasteiger partial charge on any atom is 0.310 e. The van der Waals surface area contributed by atoms with Crippen LogP contribution in [-0.4, -0.2) is 54.5 Å². The first-order chi connectivity index (χ1) is 14.2. The third-order valence-corrected chi connectivity index (χ3v) is 4.76. The summed E-state index contributed by atoms with van der Waals surface area (Å²) in [5, 5.41) is 6.31. The predicted molar refractivity (Wildman–Crippen MR) is 135 cm³/mol. The highest BCUT2D eigenvalue weighted by atomic mass is 127. The number of rotatable bonds is 6. The standard InChI is InChI=1S/C23H36N4O3.HI/c1-6-24-22(27-13-9-12-19(16-27)21(29)30-7-2)25-15-17-10-8-11-18(14-17)20(28)26-23(3,4)5;/h8,10-11,14,19H,6-7,9,12-13,15-16H2,1-5H3,(H,24,25)(H,26,28);1H/t19-;/m0./s1. The molecule has 0 unspecified atom stereocenters. The molecule has 174 valence electrons. The van der Waals surface area contributed by atoms with Crippen LogP contribution < -0.4 is 10.6 Å². The second kappa shape index (κ2) is 12.9. The summed E-state index contributed by atoms with van der Waals surface area (Å²) in [4.78, 5) is 31.5. The smallest absolute Gasteiger partial charge is 0.310 e. The van der Waals surface area contributed by atoms with Crippen molar-refractivity contribution in [1.82, 2.24) is 15.5 Å². The van der Waals surface area contributed by atoms with E-state index in [9.17, 15) is 9.59 Å². The number of halogens is 1. The van der Waals surface area contributed by atoms with E-state index in [1.54, 1.807) is 0 Å². The number of hydrogen-bond acceptors (Lipinski definition) is 4. The minimum absolute atomic E-state index is 0. The van der Waals surface area contributed by atoms with Gasteiger partial charge in [-0.15, -0.1) is 24.0 Å². The molecule has 1 aromatic carbocycles. The van der Waals surface area contributed by atoms with E-state index in [1.165, 1.54) is 0 Å². The minimum atomic E-state index is -0.285. The fourth-order valence-corrected chi connectivity index (χ4v) is 3.44. The SMILES string of the molecule is CCNC(=NCc1cccc(C(=O)NC(C)(C)C)c1)N1CCC[C@H](C(=O)OCC)C1.I. The third kappa shape index (κ3) is 9.04. The average Bonchev–Trinajstić information content (AvgIpc) is 2.70. The number of hydrogen-bond donors (Lipinski definition) is 2. The first-order valence-electron chi connectivity index (χ1n) is 10.8. The van der Waals surface area contributed by atoms with Gasteiger partial charge in [0.2, 0.25) is 0 Å². The number of nitrogens with zero attached hydrogens (tertiary/aromatic N) is 2. The highest BCUT2D eigenvalue weighted by Crippen LogP contribution is 2.18. The molecule has 31 heavy (non-hydrogen) atoms. The predicted octanol–water partition coefficient (Wildman–Crippen LogP) is 3.57. The normalized spacial score (nSPS) is 16.9. The van der Waals surface area contributed by atoms with Crippen LogP contribution in [0.1, 0.15) is 63.4 Å². The molecule has 2 N–H and O–H groups in total. The van der Waals surface area contributed by atoms with Crippen molar-refractivity contribution in [3.63, 3.8) is 0 Å². The number of esters is 1. The fraction of sp³-hybridized carbons (Fsp3) is 0.609. The summed E-state index contributed by atoms with van der Waals surface area (Å²) < 4.78 is 5.20.